The van der Waals surface area contributed by atoms with Gasteiger partial charge in [0, 0.05) is 25.6 Å². The zero-order valence-electron chi connectivity index (χ0n) is 16.7. The lowest BCUT2D eigenvalue weighted by atomic mass is 10.1. The number of para-hydroxylation sites is 1. The number of carbonyl (C=O) groups is 1. The molecule has 10 heteroatoms. The van der Waals surface area contributed by atoms with Gasteiger partial charge in [-0.1, -0.05) is 12.1 Å². The number of likely N-dealkylation sites (tertiary alicyclic amines) is 1. The van der Waals surface area contributed by atoms with Crippen LogP contribution < -0.4 is 10.3 Å². The van der Waals surface area contributed by atoms with E-state index in [0.29, 0.717) is 43.9 Å². The average molecular weight is 429 g/mol. The van der Waals surface area contributed by atoms with Crippen molar-refractivity contribution in [1.82, 2.24) is 24.2 Å². The van der Waals surface area contributed by atoms with Gasteiger partial charge in [-0.2, -0.15) is 5.10 Å². The van der Waals surface area contributed by atoms with Crippen LogP contribution >= 0.6 is 0 Å². The maximum absolute atomic E-state index is 13.3. The van der Waals surface area contributed by atoms with E-state index in [1.54, 1.807) is 39.9 Å². The van der Waals surface area contributed by atoms with Crippen LogP contribution in [0.5, 0.6) is 5.88 Å². The number of amides is 1. The van der Waals surface area contributed by atoms with Gasteiger partial charge in [0.15, 0.2) is 5.69 Å². The Labute approximate surface area is 176 Å². The monoisotopic (exact) mass is 429 g/mol. The van der Waals surface area contributed by atoms with Crippen molar-refractivity contribution in [3.05, 3.63) is 52.2 Å². The Morgan fingerprint density at radius 1 is 1.23 bits per heavy atom. The summed E-state index contributed by atoms with van der Waals surface area (Å²) in [6.45, 7) is 0.917. The van der Waals surface area contributed by atoms with Crippen LogP contribution in [-0.2, 0) is 13.1 Å². The van der Waals surface area contributed by atoms with Gasteiger partial charge in [0.05, 0.1) is 30.1 Å². The molecule has 1 saturated heterocycles. The van der Waals surface area contributed by atoms with Crippen molar-refractivity contribution in [2.24, 2.45) is 0 Å². The first-order valence-corrected chi connectivity index (χ1v) is 10.3. The van der Waals surface area contributed by atoms with Crippen LogP contribution in [0.25, 0.3) is 10.9 Å². The number of nitrogens with zero attached hydrogens (tertiary/aromatic N) is 5. The number of carbonyl (C=O) groups excluding carboxylic acids is 1. The highest BCUT2D eigenvalue weighted by Crippen LogP contribution is 2.33. The summed E-state index contributed by atoms with van der Waals surface area (Å²) in [6, 6.07) is 7.69. The maximum Gasteiger partial charge on any atom is 0.275 e. The van der Waals surface area contributed by atoms with E-state index in [0.717, 1.165) is 11.0 Å². The van der Waals surface area contributed by atoms with Crippen molar-refractivity contribution in [3.8, 4) is 5.88 Å². The van der Waals surface area contributed by atoms with E-state index < -0.39 is 24.6 Å². The second kappa shape index (κ2) is 7.75. The van der Waals surface area contributed by atoms with E-state index in [1.807, 2.05) is 0 Å². The predicted octanol–water partition coefficient (Wildman–Crippen LogP) is 2.62. The molecular formula is C21H21F2N5O3. The molecule has 0 spiro atoms. The third-order valence-corrected chi connectivity index (χ3v) is 5.75. The van der Waals surface area contributed by atoms with Crippen LogP contribution in [0.4, 0.5) is 8.78 Å². The molecule has 162 valence electrons. The molecule has 31 heavy (non-hydrogen) atoms. The molecule has 0 N–H and O–H groups in total. The molecule has 8 nitrogen and oxygen atoms in total. The van der Waals surface area contributed by atoms with E-state index in [2.05, 4.69) is 10.1 Å². The van der Waals surface area contributed by atoms with Crippen LogP contribution in [0.2, 0.25) is 0 Å². The Balaban J connectivity index is 1.56. The normalized spacial score (nSPS) is 18.4. The highest BCUT2D eigenvalue weighted by Gasteiger charge is 2.36. The Morgan fingerprint density at radius 2 is 2.06 bits per heavy atom. The first kappa shape index (κ1) is 19.7. The minimum absolute atomic E-state index is 0.190. The van der Waals surface area contributed by atoms with E-state index in [4.69, 9.17) is 4.74 Å². The van der Waals surface area contributed by atoms with Gasteiger partial charge in [0.1, 0.15) is 5.82 Å². The molecule has 2 aromatic heterocycles. The number of ether oxygens (including phenoxy) is 1. The number of benzene rings is 1. The van der Waals surface area contributed by atoms with Gasteiger partial charge < -0.3 is 9.64 Å². The van der Waals surface area contributed by atoms with Crippen LogP contribution in [0.15, 0.2) is 35.1 Å². The van der Waals surface area contributed by atoms with E-state index in [9.17, 15) is 18.4 Å². The van der Waals surface area contributed by atoms with Crippen molar-refractivity contribution >= 4 is 16.8 Å². The maximum atomic E-state index is 13.3. The lowest BCUT2D eigenvalue weighted by Gasteiger charge is -2.26. The Bertz CT molecular complexity index is 1180. The summed E-state index contributed by atoms with van der Waals surface area (Å²) in [5.74, 6) is 0.415. The van der Waals surface area contributed by atoms with E-state index in [-0.39, 0.29) is 22.8 Å². The predicted molar refractivity (Wildman–Crippen MR) is 107 cm³/mol. The molecule has 0 bridgehead atoms. The summed E-state index contributed by atoms with van der Waals surface area (Å²) in [4.78, 5) is 32.4. The minimum atomic E-state index is -2.72. The number of hydrogen-bond donors (Lipinski definition) is 0. The fourth-order valence-electron chi connectivity index (χ4n) is 4.35. The van der Waals surface area contributed by atoms with Crippen LogP contribution in [-0.4, -0.2) is 49.7 Å². The smallest absolute Gasteiger partial charge is 0.275 e. The van der Waals surface area contributed by atoms with E-state index in [1.165, 1.54) is 0 Å². The van der Waals surface area contributed by atoms with E-state index >= 15 is 0 Å². The van der Waals surface area contributed by atoms with Gasteiger partial charge in [-0.25, -0.2) is 18.4 Å². The second-order valence-electron chi connectivity index (χ2n) is 7.74. The lowest BCUT2D eigenvalue weighted by Crippen LogP contribution is -2.36. The molecule has 1 unspecified atom stereocenters. The van der Waals surface area contributed by atoms with Gasteiger partial charge in [0.2, 0.25) is 5.88 Å². The first-order chi connectivity index (χ1) is 15.0. The van der Waals surface area contributed by atoms with Gasteiger partial charge in [0.25, 0.3) is 17.9 Å². The lowest BCUT2D eigenvalue weighted by molar-refractivity contribution is 0.0713. The van der Waals surface area contributed by atoms with Crippen molar-refractivity contribution in [2.75, 3.05) is 13.2 Å². The molecule has 1 atom stereocenters. The first-order valence-electron chi connectivity index (χ1n) is 10.3. The summed E-state index contributed by atoms with van der Waals surface area (Å²) >= 11 is 0. The number of rotatable bonds is 4. The fourth-order valence-corrected chi connectivity index (χ4v) is 4.35. The Hall–Kier alpha value is -3.30. The number of halogens is 2. The van der Waals surface area contributed by atoms with Crippen molar-refractivity contribution in [1.29, 1.82) is 0 Å². The molecule has 5 rings (SSSR count). The molecular weight excluding hydrogens is 408 g/mol. The molecule has 3 aromatic rings. The Morgan fingerprint density at radius 3 is 2.87 bits per heavy atom. The summed E-state index contributed by atoms with van der Waals surface area (Å²) in [5.41, 5.74) is 0.150. The van der Waals surface area contributed by atoms with Crippen molar-refractivity contribution in [2.45, 2.75) is 44.8 Å². The molecule has 1 fully saturated rings. The minimum Gasteiger partial charge on any atom is -0.478 e. The van der Waals surface area contributed by atoms with Crippen LogP contribution in [0, 0.1) is 0 Å². The summed E-state index contributed by atoms with van der Waals surface area (Å²) in [6.07, 6.45) is -0.695. The van der Waals surface area contributed by atoms with Gasteiger partial charge in [-0.3, -0.25) is 14.2 Å². The number of aromatic nitrogens is 4. The summed E-state index contributed by atoms with van der Waals surface area (Å²) in [5, 5.41) is 4.63. The molecule has 2 aliphatic heterocycles. The highest BCUT2D eigenvalue weighted by atomic mass is 19.3. The molecule has 1 aromatic carbocycles. The molecule has 2 aliphatic rings. The summed E-state index contributed by atoms with van der Waals surface area (Å²) < 4.78 is 34.9. The summed E-state index contributed by atoms with van der Waals surface area (Å²) in [7, 11) is 0. The second-order valence-corrected chi connectivity index (χ2v) is 7.74. The molecule has 4 heterocycles. The zero-order chi connectivity index (χ0) is 21.5. The number of hydrogen-bond acceptors (Lipinski definition) is 5. The van der Waals surface area contributed by atoms with Crippen molar-refractivity contribution < 1.29 is 18.3 Å². The van der Waals surface area contributed by atoms with Gasteiger partial charge in [-0.05, 0) is 25.0 Å². The van der Waals surface area contributed by atoms with Gasteiger partial charge >= 0.3 is 0 Å². The van der Waals surface area contributed by atoms with Gasteiger partial charge in [-0.15, -0.1) is 0 Å². The Kier molecular flexibility index (Phi) is 4.91. The SMILES string of the molecule is O=C(c1cc2n(n1)CCCO2)N1CCCC1c1nc2ccccc2c(=O)n1CC(F)F. The number of aryl methyl sites for hydroxylation is 1. The fraction of sp³-hybridized carbons (Fsp3) is 0.429. The molecule has 0 radical (unpaired) electrons. The third kappa shape index (κ3) is 3.45. The molecule has 1 amide bonds. The average Bonchev–Trinajstić information content (AvgIpc) is 3.42. The van der Waals surface area contributed by atoms with Crippen LogP contribution in [0.1, 0.15) is 41.6 Å². The topological polar surface area (TPSA) is 82.2 Å². The zero-order valence-corrected chi connectivity index (χ0v) is 16.7. The quantitative estimate of drug-likeness (QED) is 0.637. The van der Waals surface area contributed by atoms with Crippen molar-refractivity contribution in [3.63, 3.8) is 0 Å². The molecule has 0 saturated carbocycles. The number of fused-ring (bicyclic) bond motifs is 2. The largest absolute Gasteiger partial charge is 0.478 e. The molecule has 0 aliphatic carbocycles. The standard InChI is InChI=1S/C21H21F2N5O3/c22-17(23)12-27-19(24-14-6-2-1-5-13(14)20(27)29)16-7-3-8-26(16)21(30)15-11-18-28(25-15)9-4-10-31-18/h1-2,5-6,11,16-17H,3-4,7-10,12H2. The third-order valence-electron chi connectivity index (χ3n) is 5.75. The number of alkyl halides is 2. The highest BCUT2D eigenvalue weighted by molar-refractivity contribution is 5.93. The van der Waals surface area contributed by atoms with Crippen LogP contribution in [0.3, 0.4) is 0 Å².